The number of fused-ring (bicyclic) bond motifs is 4. The molecule has 0 unspecified atom stereocenters. The van der Waals surface area contributed by atoms with Gasteiger partial charge in [0.05, 0.1) is 17.1 Å². The third-order valence-corrected chi connectivity index (χ3v) is 8.41. The number of para-hydroxylation sites is 3. The normalized spacial score (nSPS) is 15.0. The minimum atomic E-state index is 1.07. The standard InChI is InChI=1S/C40H30N2/c1-5-13-37-31(9-1)17-18-32-10-2-6-14-38(32)41(37)35-25-21-29(22-26-35)30-23-27-36(28-24-30)42-39-15-7-3-11-33(39)19-20-34-12-4-8-16-40(34)42/h1-3,5-7,9-28H,4,8H2. The van der Waals surface area contributed by atoms with Gasteiger partial charge in [-0.1, -0.05) is 115 Å². The van der Waals surface area contributed by atoms with Crippen molar-refractivity contribution in [3.05, 3.63) is 168 Å². The molecule has 0 radical (unpaired) electrons. The van der Waals surface area contributed by atoms with E-state index in [2.05, 4.69) is 168 Å². The van der Waals surface area contributed by atoms with Gasteiger partial charge in [0.1, 0.15) is 0 Å². The van der Waals surface area contributed by atoms with Crippen molar-refractivity contribution >= 4 is 46.7 Å². The Balaban J connectivity index is 1.14. The second-order valence-corrected chi connectivity index (χ2v) is 10.9. The average Bonchev–Trinajstić information content (AvgIpc) is 3.33. The first kappa shape index (κ1) is 24.5. The first-order chi connectivity index (χ1) is 20.8. The molecular weight excluding hydrogens is 508 g/mol. The Morgan fingerprint density at radius 3 is 1.36 bits per heavy atom. The van der Waals surface area contributed by atoms with Gasteiger partial charge < -0.3 is 9.80 Å². The fourth-order valence-electron chi connectivity index (χ4n) is 6.33. The first-order valence-corrected chi connectivity index (χ1v) is 14.7. The van der Waals surface area contributed by atoms with Crippen molar-refractivity contribution in [2.45, 2.75) is 12.8 Å². The van der Waals surface area contributed by atoms with E-state index in [9.17, 15) is 0 Å². The second-order valence-electron chi connectivity index (χ2n) is 10.9. The molecule has 2 heteroatoms. The highest BCUT2D eigenvalue weighted by atomic mass is 15.2. The predicted octanol–water partition coefficient (Wildman–Crippen LogP) is 11.1. The predicted molar refractivity (Wildman–Crippen MR) is 179 cm³/mol. The summed E-state index contributed by atoms with van der Waals surface area (Å²) in [6.45, 7) is 0. The summed E-state index contributed by atoms with van der Waals surface area (Å²) < 4.78 is 0. The monoisotopic (exact) mass is 538 g/mol. The smallest absolute Gasteiger partial charge is 0.0534 e. The topological polar surface area (TPSA) is 6.48 Å². The molecule has 0 amide bonds. The molecule has 0 atom stereocenters. The van der Waals surface area contributed by atoms with E-state index in [4.69, 9.17) is 0 Å². The summed E-state index contributed by atoms with van der Waals surface area (Å²) in [7, 11) is 0. The van der Waals surface area contributed by atoms with Crippen molar-refractivity contribution in [1.82, 2.24) is 0 Å². The maximum Gasteiger partial charge on any atom is 0.0534 e. The fourth-order valence-corrected chi connectivity index (χ4v) is 6.33. The number of nitrogens with zero attached hydrogens (tertiary/aromatic N) is 2. The van der Waals surface area contributed by atoms with Crippen LogP contribution in [-0.2, 0) is 0 Å². The third kappa shape index (κ3) is 4.20. The molecule has 0 spiro atoms. The molecule has 0 saturated carbocycles. The number of rotatable bonds is 3. The molecule has 1 aliphatic carbocycles. The van der Waals surface area contributed by atoms with Gasteiger partial charge in [-0.2, -0.15) is 0 Å². The van der Waals surface area contributed by atoms with E-state index in [0.29, 0.717) is 0 Å². The van der Waals surface area contributed by atoms with Crippen LogP contribution in [0, 0.1) is 0 Å². The molecule has 8 rings (SSSR count). The Kier molecular flexibility index (Phi) is 5.97. The molecule has 5 aromatic carbocycles. The zero-order chi connectivity index (χ0) is 27.9. The number of hydrogen-bond acceptors (Lipinski definition) is 2. The van der Waals surface area contributed by atoms with E-state index in [1.165, 1.54) is 61.8 Å². The molecule has 0 N–H and O–H groups in total. The number of allylic oxidation sites excluding steroid dienone is 3. The summed E-state index contributed by atoms with van der Waals surface area (Å²) >= 11 is 0. The summed E-state index contributed by atoms with van der Waals surface area (Å²) in [6.07, 6.45) is 15.8. The molecule has 200 valence electrons. The van der Waals surface area contributed by atoms with Gasteiger partial charge in [-0.25, -0.2) is 0 Å². The molecule has 0 aromatic heterocycles. The molecule has 5 aromatic rings. The van der Waals surface area contributed by atoms with Gasteiger partial charge in [0.2, 0.25) is 0 Å². The van der Waals surface area contributed by atoms with Crippen molar-refractivity contribution in [2.75, 3.05) is 9.80 Å². The van der Waals surface area contributed by atoms with Crippen LogP contribution in [0.4, 0.5) is 28.4 Å². The van der Waals surface area contributed by atoms with Crippen molar-refractivity contribution in [1.29, 1.82) is 0 Å². The van der Waals surface area contributed by atoms with E-state index in [0.717, 1.165) is 18.5 Å². The fraction of sp³-hybridized carbons (Fsp3) is 0.0500. The van der Waals surface area contributed by atoms with Crippen LogP contribution in [0.2, 0.25) is 0 Å². The molecule has 2 aliphatic heterocycles. The van der Waals surface area contributed by atoms with Gasteiger partial charge >= 0.3 is 0 Å². The van der Waals surface area contributed by atoms with Crippen LogP contribution in [0.5, 0.6) is 0 Å². The van der Waals surface area contributed by atoms with E-state index in [1.807, 2.05) is 0 Å². The van der Waals surface area contributed by atoms with Crippen LogP contribution in [0.15, 0.2) is 151 Å². The highest BCUT2D eigenvalue weighted by Crippen LogP contribution is 2.43. The SMILES string of the molecule is C1=Cc2ccccc2N(c2ccc(-c3ccc(N4c5ccccc5C=Cc5ccccc54)cc3)cc2)C2=CCCC=C12. The Morgan fingerprint density at radius 2 is 0.810 bits per heavy atom. The lowest BCUT2D eigenvalue weighted by molar-refractivity contribution is 0.982. The van der Waals surface area contributed by atoms with Crippen LogP contribution in [0.1, 0.15) is 29.5 Å². The maximum atomic E-state index is 2.41. The van der Waals surface area contributed by atoms with E-state index >= 15 is 0 Å². The van der Waals surface area contributed by atoms with E-state index in [1.54, 1.807) is 0 Å². The van der Waals surface area contributed by atoms with Gasteiger partial charge in [-0.05, 0) is 88.7 Å². The van der Waals surface area contributed by atoms with E-state index < -0.39 is 0 Å². The van der Waals surface area contributed by atoms with Crippen molar-refractivity contribution in [3.8, 4) is 11.1 Å². The lowest BCUT2D eigenvalue weighted by Crippen LogP contribution is -2.18. The van der Waals surface area contributed by atoms with Gasteiger partial charge in [0, 0.05) is 17.1 Å². The number of anilines is 5. The Hall–Kier alpha value is -5.34. The molecule has 0 fully saturated rings. The Labute approximate surface area is 247 Å². The molecule has 0 bridgehead atoms. The van der Waals surface area contributed by atoms with Gasteiger partial charge in [-0.3, -0.25) is 0 Å². The summed E-state index contributed by atoms with van der Waals surface area (Å²) in [6, 6.07) is 43.8. The second kappa shape index (κ2) is 10.2. The highest BCUT2D eigenvalue weighted by molar-refractivity contribution is 5.93. The van der Waals surface area contributed by atoms with Crippen molar-refractivity contribution < 1.29 is 0 Å². The number of benzene rings is 5. The van der Waals surface area contributed by atoms with Crippen LogP contribution in [-0.4, -0.2) is 0 Å². The molecule has 3 aliphatic rings. The van der Waals surface area contributed by atoms with Gasteiger partial charge in [-0.15, -0.1) is 0 Å². The molecule has 2 nitrogen and oxygen atoms in total. The quantitative estimate of drug-likeness (QED) is 0.221. The van der Waals surface area contributed by atoms with Crippen molar-refractivity contribution in [2.24, 2.45) is 0 Å². The van der Waals surface area contributed by atoms with Crippen LogP contribution < -0.4 is 9.80 Å². The van der Waals surface area contributed by atoms with Gasteiger partial charge in [0.15, 0.2) is 0 Å². The molecular formula is C40H30N2. The maximum absolute atomic E-state index is 2.41. The summed E-state index contributed by atoms with van der Waals surface area (Å²) in [5.41, 5.74) is 14.6. The summed E-state index contributed by atoms with van der Waals surface area (Å²) in [5.74, 6) is 0. The largest absolute Gasteiger partial charge is 0.310 e. The van der Waals surface area contributed by atoms with Crippen molar-refractivity contribution in [3.63, 3.8) is 0 Å². The zero-order valence-electron chi connectivity index (χ0n) is 23.3. The minimum absolute atomic E-state index is 1.07. The summed E-state index contributed by atoms with van der Waals surface area (Å²) in [5, 5.41) is 0. The lowest BCUT2D eigenvalue weighted by atomic mass is 10.0. The van der Waals surface area contributed by atoms with E-state index in [-0.39, 0.29) is 0 Å². The zero-order valence-corrected chi connectivity index (χ0v) is 23.3. The average molecular weight is 539 g/mol. The Bertz CT molecular complexity index is 1870. The third-order valence-electron chi connectivity index (χ3n) is 8.41. The van der Waals surface area contributed by atoms with Crippen LogP contribution >= 0.6 is 0 Å². The summed E-state index contributed by atoms with van der Waals surface area (Å²) in [4.78, 5) is 4.78. The molecule has 2 heterocycles. The molecule has 42 heavy (non-hydrogen) atoms. The highest BCUT2D eigenvalue weighted by Gasteiger charge is 2.23. The van der Waals surface area contributed by atoms with Crippen LogP contribution in [0.25, 0.3) is 29.4 Å². The van der Waals surface area contributed by atoms with Crippen LogP contribution in [0.3, 0.4) is 0 Å². The van der Waals surface area contributed by atoms with Gasteiger partial charge in [0.25, 0.3) is 0 Å². The first-order valence-electron chi connectivity index (χ1n) is 14.7. The Morgan fingerprint density at radius 1 is 0.381 bits per heavy atom. The molecule has 0 saturated heterocycles. The minimum Gasteiger partial charge on any atom is -0.310 e. The lowest BCUT2D eigenvalue weighted by Gasteiger charge is -2.30. The number of hydrogen-bond donors (Lipinski definition) is 0.